The number of ether oxygens (including phenoxy) is 3. The summed E-state index contributed by atoms with van der Waals surface area (Å²) in [6, 6.07) is 3.23. The molecule has 1 saturated heterocycles. The van der Waals surface area contributed by atoms with Crippen LogP contribution in [0.5, 0.6) is 0 Å². The lowest BCUT2D eigenvalue weighted by Crippen LogP contribution is -2.69. The van der Waals surface area contributed by atoms with Crippen LogP contribution in [0.15, 0.2) is 24.3 Å². The number of carbonyl (C=O) groups is 3. The first-order valence-corrected chi connectivity index (χ1v) is 14.8. The lowest BCUT2D eigenvalue weighted by Gasteiger charge is -2.46. The van der Waals surface area contributed by atoms with Crippen LogP contribution in [-0.4, -0.2) is 114 Å². The van der Waals surface area contributed by atoms with Crippen molar-refractivity contribution in [2.45, 2.75) is 80.9 Å². The fourth-order valence-electron chi connectivity index (χ4n) is 4.53. The molecule has 1 aromatic rings. The molecule has 0 saturated carbocycles. The van der Waals surface area contributed by atoms with E-state index in [0.717, 1.165) is 0 Å². The zero-order chi connectivity index (χ0) is 34.3. The SMILES string of the molecule is C#CCOCCCCCCO[C@]1(C(=O)O)C[C@H](O)[C@@H](NC(=O)NCC(F)(F)F)[C@H]([C@H](O)[C@H](O)CNC(=O)Cc2ccc(Cl)cc2)O1. The highest BCUT2D eigenvalue weighted by atomic mass is 35.5. The van der Waals surface area contributed by atoms with Gasteiger partial charge in [0.05, 0.1) is 31.3 Å². The van der Waals surface area contributed by atoms with E-state index in [1.165, 1.54) is 0 Å². The average molecular weight is 682 g/mol. The first kappa shape index (κ1) is 39.0. The molecule has 0 aromatic heterocycles. The van der Waals surface area contributed by atoms with Crippen LogP contribution in [-0.2, 0) is 30.2 Å². The number of carbonyl (C=O) groups excluding carboxylic acids is 2. The molecule has 46 heavy (non-hydrogen) atoms. The van der Waals surface area contributed by atoms with Crippen LogP contribution in [0.4, 0.5) is 18.0 Å². The molecule has 0 bridgehead atoms. The molecular formula is C29H39ClF3N3O10. The molecule has 7 N–H and O–H groups in total. The highest BCUT2D eigenvalue weighted by Crippen LogP contribution is 2.34. The standard InChI is InChI=1S/C29H39ClF3N3O10/c1-2-11-44-12-5-3-4-6-13-45-28(26(41)42)15-20(37)23(36-27(43)35-17-29(31,32)33)25(46-28)24(40)21(38)16-34-22(39)14-18-7-9-19(30)10-8-18/h1,7-10,20-21,23-25,37-38,40H,3-6,11-17H2,(H,34,39)(H,41,42)(H2,35,36,43)/t20-,21+,23+,24+,25+,28+/m0/s1. The van der Waals surface area contributed by atoms with Crippen molar-refractivity contribution in [3.63, 3.8) is 0 Å². The molecular weight excluding hydrogens is 643 g/mol. The Morgan fingerprint density at radius 3 is 2.37 bits per heavy atom. The Bertz CT molecular complexity index is 1170. The van der Waals surface area contributed by atoms with Crippen LogP contribution in [0, 0.1) is 12.3 Å². The molecule has 2 rings (SSSR count). The monoisotopic (exact) mass is 681 g/mol. The number of amides is 3. The molecule has 1 fully saturated rings. The van der Waals surface area contributed by atoms with Gasteiger partial charge in [-0.05, 0) is 30.5 Å². The molecule has 0 spiro atoms. The summed E-state index contributed by atoms with van der Waals surface area (Å²) in [5.74, 6) is -2.48. The molecule has 17 heteroatoms. The van der Waals surface area contributed by atoms with E-state index in [9.17, 15) is 48.0 Å². The predicted molar refractivity (Wildman–Crippen MR) is 156 cm³/mol. The van der Waals surface area contributed by atoms with Crippen molar-refractivity contribution in [3.8, 4) is 12.3 Å². The molecule has 1 aliphatic rings. The van der Waals surface area contributed by atoms with Crippen molar-refractivity contribution in [2.24, 2.45) is 0 Å². The zero-order valence-electron chi connectivity index (χ0n) is 24.8. The minimum absolute atomic E-state index is 0.115. The van der Waals surface area contributed by atoms with Crippen molar-refractivity contribution >= 4 is 29.5 Å². The van der Waals surface area contributed by atoms with E-state index in [4.69, 9.17) is 32.2 Å². The summed E-state index contributed by atoms with van der Waals surface area (Å²) >= 11 is 5.83. The summed E-state index contributed by atoms with van der Waals surface area (Å²) in [7, 11) is 0. The van der Waals surface area contributed by atoms with Gasteiger partial charge < -0.3 is 50.6 Å². The van der Waals surface area contributed by atoms with Gasteiger partial charge in [-0.1, -0.05) is 42.5 Å². The van der Waals surface area contributed by atoms with Crippen LogP contribution in [0.3, 0.4) is 0 Å². The number of terminal acetylenes is 1. The van der Waals surface area contributed by atoms with E-state index >= 15 is 0 Å². The third kappa shape index (κ3) is 13.3. The summed E-state index contributed by atoms with van der Waals surface area (Å²) in [6.07, 6.45) is -5.90. The normalized spacial score (nSPS) is 22.7. The summed E-state index contributed by atoms with van der Waals surface area (Å²) in [5, 5.41) is 49.0. The number of aliphatic hydroxyl groups is 3. The highest BCUT2D eigenvalue weighted by molar-refractivity contribution is 6.30. The molecule has 1 aromatic carbocycles. The first-order valence-electron chi connectivity index (χ1n) is 14.4. The molecule has 13 nitrogen and oxygen atoms in total. The number of nitrogens with one attached hydrogen (secondary N) is 3. The number of aliphatic carboxylic acids is 1. The number of urea groups is 1. The molecule has 6 atom stereocenters. The topological polar surface area (TPSA) is 196 Å². The number of aliphatic hydroxyl groups excluding tert-OH is 3. The van der Waals surface area contributed by atoms with Crippen LogP contribution < -0.4 is 16.0 Å². The number of carboxylic acid groups (broad SMARTS) is 1. The third-order valence-corrected chi connectivity index (χ3v) is 7.12. The summed E-state index contributed by atoms with van der Waals surface area (Å²) < 4.78 is 54.2. The van der Waals surface area contributed by atoms with Gasteiger partial charge in [-0.2, -0.15) is 13.2 Å². The van der Waals surface area contributed by atoms with Crippen molar-refractivity contribution in [1.82, 2.24) is 16.0 Å². The van der Waals surface area contributed by atoms with Gasteiger partial charge in [-0.25, -0.2) is 9.59 Å². The Morgan fingerprint density at radius 2 is 1.76 bits per heavy atom. The van der Waals surface area contributed by atoms with Crippen molar-refractivity contribution in [1.29, 1.82) is 0 Å². The van der Waals surface area contributed by atoms with E-state index in [1.54, 1.807) is 29.6 Å². The largest absolute Gasteiger partial charge is 0.477 e. The summed E-state index contributed by atoms with van der Waals surface area (Å²) in [5.41, 5.74) is 0.588. The number of carboxylic acids is 1. The van der Waals surface area contributed by atoms with Crippen molar-refractivity contribution in [2.75, 3.05) is 32.9 Å². The lowest BCUT2D eigenvalue weighted by molar-refractivity contribution is -0.310. The maximum atomic E-state index is 12.6. The number of unbranched alkanes of at least 4 members (excludes halogenated alkanes) is 3. The van der Waals surface area contributed by atoms with E-state index < -0.39 is 79.8 Å². The zero-order valence-corrected chi connectivity index (χ0v) is 25.6. The van der Waals surface area contributed by atoms with Gasteiger partial charge in [-0.15, -0.1) is 6.42 Å². The van der Waals surface area contributed by atoms with Gasteiger partial charge in [0, 0.05) is 24.6 Å². The first-order chi connectivity index (χ1) is 21.7. The van der Waals surface area contributed by atoms with E-state index in [2.05, 4.69) is 11.2 Å². The maximum absolute atomic E-state index is 12.6. The Kier molecular flexibility index (Phi) is 16.0. The molecule has 1 aliphatic heterocycles. The van der Waals surface area contributed by atoms with E-state index in [1.807, 2.05) is 5.32 Å². The maximum Gasteiger partial charge on any atom is 0.405 e. The second-order valence-corrected chi connectivity index (χ2v) is 11.0. The lowest BCUT2D eigenvalue weighted by atomic mass is 9.88. The summed E-state index contributed by atoms with van der Waals surface area (Å²) in [6.45, 7) is -1.85. The fraction of sp³-hybridized carbons (Fsp3) is 0.621. The minimum atomic E-state index is -4.76. The fourth-order valence-corrected chi connectivity index (χ4v) is 4.66. The number of halogens is 4. The molecule has 3 amide bonds. The Hall–Kier alpha value is -3.17. The van der Waals surface area contributed by atoms with Crippen LogP contribution in [0.25, 0.3) is 0 Å². The second kappa shape index (κ2) is 18.8. The molecule has 0 aliphatic carbocycles. The van der Waals surface area contributed by atoms with Gasteiger partial charge in [0.1, 0.15) is 25.4 Å². The Balaban J connectivity index is 2.12. The quantitative estimate of drug-likeness (QED) is 0.0871. The summed E-state index contributed by atoms with van der Waals surface area (Å²) in [4.78, 5) is 37.0. The number of rotatable bonds is 18. The van der Waals surface area contributed by atoms with Gasteiger partial charge in [0.25, 0.3) is 5.79 Å². The number of hydrogen-bond acceptors (Lipinski definition) is 9. The average Bonchev–Trinajstić information content (AvgIpc) is 2.99. The van der Waals surface area contributed by atoms with Crippen LogP contribution >= 0.6 is 11.6 Å². The van der Waals surface area contributed by atoms with Crippen LogP contribution in [0.1, 0.15) is 37.7 Å². The van der Waals surface area contributed by atoms with Gasteiger partial charge in [0.15, 0.2) is 0 Å². The van der Waals surface area contributed by atoms with Gasteiger partial charge in [0.2, 0.25) is 5.91 Å². The second-order valence-electron chi connectivity index (χ2n) is 10.6. The predicted octanol–water partition coefficient (Wildman–Crippen LogP) is 1.11. The third-order valence-electron chi connectivity index (χ3n) is 6.87. The van der Waals surface area contributed by atoms with E-state index in [0.29, 0.717) is 42.9 Å². The molecule has 1 heterocycles. The Labute approximate surface area is 268 Å². The minimum Gasteiger partial charge on any atom is -0.477 e. The number of benzene rings is 1. The molecule has 0 radical (unpaired) electrons. The molecule has 0 unspecified atom stereocenters. The number of hydrogen-bond donors (Lipinski definition) is 7. The van der Waals surface area contributed by atoms with Gasteiger partial charge >= 0.3 is 18.2 Å². The molecule has 258 valence electrons. The van der Waals surface area contributed by atoms with Gasteiger partial charge in [-0.3, -0.25) is 4.79 Å². The van der Waals surface area contributed by atoms with E-state index in [-0.39, 0.29) is 19.6 Å². The smallest absolute Gasteiger partial charge is 0.405 e. The van der Waals surface area contributed by atoms with Crippen molar-refractivity contribution in [3.05, 3.63) is 34.9 Å². The van der Waals surface area contributed by atoms with Crippen molar-refractivity contribution < 1.29 is 62.2 Å². The highest BCUT2D eigenvalue weighted by Gasteiger charge is 2.56. The van der Waals surface area contributed by atoms with Crippen LogP contribution in [0.2, 0.25) is 5.02 Å². The Morgan fingerprint density at radius 1 is 1.11 bits per heavy atom. The number of alkyl halides is 3.